The Morgan fingerprint density at radius 3 is 2.82 bits per heavy atom. The molecule has 3 nitrogen and oxygen atoms in total. The molecule has 1 aromatic carbocycles. The van der Waals surface area contributed by atoms with E-state index in [-0.39, 0.29) is 28.9 Å². The molecule has 1 aromatic rings. The summed E-state index contributed by atoms with van der Waals surface area (Å²) in [6.07, 6.45) is 6.01. The molecule has 4 atom stereocenters. The summed E-state index contributed by atoms with van der Waals surface area (Å²) in [5.74, 6) is 1.64. The number of aromatic hydroxyl groups is 1. The molecule has 1 saturated carbocycles. The monoisotopic (exact) mass is 299 g/mol. The van der Waals surface area contributed by atoms with Crippen LogP contribution >= 0.6 is 0 Å². The second-order valence-electron chi connectivity index (χ2n) is 7.62. The summed E-state index contributed by atoms with van der Waals surface area (Å²) in [5, 5.41) is 13.6. The van der Waals surface area contributed by atoms with Crippen LogP contribution in [0.25, 0.3) is 0 Å². The third kappa shape index (κ3) is 1.95. The second-order valence-corrected chi connectivity index (χ2v) is 7.62. The zero-order valence-electron chi connectivity index (χ0n) is 13.4. The molecular weight excluding hydrogens is 274 g/mol. The summed E-state index contributed by atoms with van der Waals surface area (Å²) in [6.45, 7) is 4.44. The van der Waals surface area contributed by atoms with Crippen LogP contribution in [-0.2, 0) is 5.41 Å². The lowest BCUT2D eigenvalue weighted by Gasteiger charge is -2.53. The van der Waals surface area contributed by atoms with Crippen LogP contribution in [-0.4, -0.2) is 23.0 Å². The van der Waals surface area contributed by atoms with E-state index in [0.717, 1.165) is 29.9 Å². The molecule has 0 amide bonds. The average Bonchev–Trinajstić information content (AvgIpc) is 3.31. The van der Waals surface area contributed by atoms with Crippen molar-refractivity contribution in [3.63, 3.8) is 0 Å². The summed E-state index contributed by atoms with van der Waals surface area (Å²) < 4.78 is 0. The number of hydrogen-bond acceptors (Lipinski definition) is 3. The van der Waals surface area contributed by atoms with Gasteiger partial charge in [-0.1, -0.05) is 26.7 Å². The van der Waals surface area contributed by atoms with E-state index in [1.165, 1.54) is 19.3 Å². The third-order valence-electron chi connectivity index (χ3n) is 6.43. The fraction of sp³-hybridized carbons (Fsp3) is 0.632. The van der Waals surface area contributed by atoms with Gasteiger partial charge in [0, 0.05) is 17.0 Å². The van der Waals surface area contributed by atoms with Gasteiger partial charge in [0.05, 0.1) is 6.04 Å². The molecule has 118 valence electrons. The quantitative estimate of drug-likeness (QED) is 0.899. The van der Waals surface area contributed by atoms with Gasteiger partial charge in [-0.2, -0.15) is 0 Å². The van der Waals surface area contributed by atoms with E-state index in [9.17, 15) is 9.90 Å². The first-order valence-electron chi connectivity index (χ1n) is 8.69. The molecule has 22 heavy (non-hydrogen) atoms. The third-order valence-corrected chi connectivity index (χ3v) is 6.43. The van der Waals surface area contributed by atoms with E-state index in [1.807, 2.05) is 12.1 Å². The van der Waals surface area contributed by atoms with E-state index >= 15 is 0 Å². The maximum Gasteiger partial charge on any atom is 0.180 e. The number of nitrogens with one attached hydrogen (secondary N) is 1. The van der Waals surface area contributed by atoms with Gasteiger partial charge in [0.2, 0.25) is 0 Å². The Hall–Kier alpha value is -1.35. The van der Waals surface area contributed by atoms with Crippen LogP contribution < -0.4 is 5.32 Å². The minimum Gasteiger partial charge on any atom is -0.508 e. The molecule has 0 aromatic heterocycles. The summed E-state index contributed by atoms with van der Waals surface area (Å²) >= 11 is 0. The van der Waals surface area contributed by atoms with Crippen molar-refractivity contribution in [2.75, 3.05) is 0 Å². The first-order valence-corrected chi connectivity index (χ1v) is 8.69. The SMILES string of the molecule is CCC12CC(CC3CC3)NC(C(=O)c3ccc(O)cc31)C2C. The number of benzene rings is 1. The maximum absolute atomic E-state index is 12.9. The number of fused-ring (bicyclic) bond motifs is 4. The highest BCUT2D eigenvalue weighted by molar-refractivity contribution is 6.03. The number of carbonyl (C=O) groups is 1. The molecular formula is C19H25NO2. The van der Waals surface area contributed by atoms with Gasteiger partial charge in [-0.15, -0.1) is 0 Å². The van der Waals surface area contributed by atoms with Crippen molar-refractivity contribution >= 4 is 5.78 Å². The first kappa shape index (κ1) is 14.3. The van der Waals surface area contributed by atoms with E-state index in [1.54, 1.807) is 6.07 Å². The summed E-state index contributed by atoms with van der Waals surface area (Å²) in [4.78, 5) is 12.9. The Morgan fingerprint density at radius 1 is 1.36 bits per heavy atom. The largest absolute Gasteiger partial charge is 0.508 e. The van der Waals surface area contributed by atoms with Gasteiger partial charge in [-0.25, -0.2) is 0 Å². The second kappa shape index (κ2) is 4.82. The molecule has 4 unspecified atom stereocenters. The molecule has 1 aliphatic heterocycles. The standard InChI is InChI=1S/C19H25NO2/c1-3-19-10-13(8-12-4-5-12)20-17(11(19)2)18(22)15-7-6-14(21)9-16(15)19/h6-7,9,11-13,17,20-21H,3-5,8,10H2,1-2H3. The summed E-state index contributed by atoms with van der Waals surface area (Å²) in [5.41, 5.74) is 1.93. The van der Waals surface area contributed by atoms with E-state index in [4.69, 9.17) is 0 Å². The minimum absolute atomic E-state index is 0.0253. The smallest absolute Gasteiger partial charge is 0.180 e. The molecule has 4 rings (SSSR count). The van der Waals surface area contributed by atoms with Crippen LogP contribution in [0.15, 0.2) is 18.2 Å². The normalized spacial score (nSPS) is 37.0. The summed E-state index contributed by atoms with van der Waals surface area (Å²) in [7, 11) is 0. The highest BCUT2D eigenvalue weighted by Gasteiger charge is 2.53. The molecule has 1 heterocycles. The lowest BCUT2D eigenvalue weighted by molar-refractivity contribution is 0.0630. The number of phenols is 1. The Labute approximate surface area is 132 Å². The van der Waals surface area contributed by atoms with Crippen LogP contribution in [0.2, 0.25) is 0 Å². The van der Waals surface area contributed by atoms with Crippen molar-refractivity contribution in [1.29, 1.82) is 0 Å². The van der Waals surface area contributed by atoms with Crippen LogP contribution in [0.1, 0.15) is 61.9 Å². The fourth-order valence-corrected chi connectivity index (χ4v) is 4.95. The number of hydrogen-bond donors (Lipinski definition) is 2. The molecule has 2 bridgehead atoms. The van der Waals surface area contributed by atoms with Gasteiger partial charge in [-0.3, -0.25) is 4.79 Å². The Morgan fingerprint density at radius 2 is 2.14 bits per heavy atom. The van der Waals surface area contributed by atoms with Crippen molar-refractivity contribution < 1.29 is 9.90 Å². The fourth-order valence-electron chi connectivity index (χ4n) is 4.95. The van der Waals surface area contributed by atoms with E-state index in [2.05, 4.69) is 19.2 Å². The van der Waals surface area contributed by atoms with Gasteiger partial charge in [-0.05, 0) is 54.9 Å². The molecule has 2 aliphatic carbocycles. The lowest BCUT2D eigenvalue weighted by atomic mass is 9.55. The highest BCUT2D eigenvalue weighted by atomic mass is 16.3. The zero-order chi connectivity index (χ0) is 15.5. The molecule has 0 spiro atoms. The molecule has 3 aliphatic rings. The van der Waals surface area contributed by atoms with Gasteiger partial charge >= 0.3 is 0 Å². The molecule has 2 fully saturated rings. The predicted molar refractivity (Wildman–Crippen MR) is 86.2 cm³/mol. The number of ketones is 1. The Bertz CT molecular complexity index is 622. The zero-order valence-corrected chi connectivity index (χ0v) is 13.4. The van der Waals surface area contributed by atoms with Crippen molar-refractivity contribution in [1.82, 2.24) is 5.32 Å². The van der Waals surface area contributed by atoms with Gasteiger partial charge < -0.3 is 10.4 Å². The van der Waals surface area contributed by atoms with Crippen molar-refractivity contribution in [2.24, 2.45) is 11.8 Å². The Balaban J connectivity index is 1.81. The lowest BCUT2D eigenvalue weighted by Crippen LogP contribution is -2.63. The van der Waals surface area contributed by atoms with Gasteiger partial charge in [0.1, 0.15) is 5.75 Å². The van der Waals surface area contributed by atoms with Crippen LogP contribution in [0.5, 0.6) is 5.75 Å². The average molecular weight is 299 g/mol. The van der Waals surface area contributed by atoms with Gasteiger partial charge in [0.15, 0.2) is 5.78 Å². The minimum atomic E-state index is -0.0607. The van der Waals surface area contributed by atoms with Crippen molar-refractivity contribution in [2.45, 2.75) is 63.5 Å². The number of carbonyl (C=O) groups excluding carboxylic acids is 1. The van der Waals surface area contributed by atoms with Crippen LogP contribution in [0.4, 0.5) is 0 Å². The molecule has 0 radical (unpaired) electrons. The topological polar surface area (TPSA) is 49.3 Å². The molecule has 1 saturated heterocycles. The number of rotatable bonds is 3. The van der Waals surface area contributed by atoms with Crippen molar-refractivity contribution in [3.8, 4) is 5.75 Å². The van der Waals surface area contributed by atoms with Crippen molar-refractivity contribution in [3.05, 3.63) is 29.3 Å². The number of Topliss-reactive ketones (excluding diaryl/α,β-unsaturated/α-hetero) is 1. The highest BCUT2D eigenvalue weighted by Crippen LogP contribution is 2.51. The van der Waals surface area contributed by atoms with Crippen LogP contribution in [0.3, 0.4) is 0 Å². The molecule has 2 N–H and O–H groups in total. The number of piperidine rings is 1. The molecule has 3 heteroatoms. The van der Waals surface area contributed by atoms with E-state index in [0.29, 0.717) is 6.04 Å². The first-order chi connectivity index (χ1) is 10.5. The van der Waals surface area contributed by atoms with Crippen LogP contribution in [0, 0.1) is 11.8 Å². The van der Waals surface area contributed by atoms with Gasteiger partial charge in [0.25, 0.3) is 0 Å². The summed E-state index contributed by atoms with van der Waals surface area (Å²) in [6, 6.07) is 5.69. The number of phenolic OH excluding ortho intramolecular Hbond substituents is 1. The van der Waals surface area contributed by atoms with E-state index < -0.39 is 0 Å². The maximum atomic E-state index is 12.9. The Kier molecular flexibility index (Phi) is 3.12. The predicted octanol–water partition coefficient (Wildman–Crippen LogP) is 3.40.